The summed E-state index contributed by atoms with van der Waals surface area (Å²) in [5, 5.41) is 12.8. The Hall–Kier alpha value is -2.67. The van der Waals surface area contributed by atoms with Gasteiger partial charge in [-0.2, -0.15) is 4.98 Å². The second-order valence-electron chi connectivity index (χ2n) is 6.28. The van der Waals surface area contributed by atoms with Crippen molar-refractivity contribution in [3.8, 4) is 17.1 Å². The molecule has 0 saturated carbocycles. The lowest BCUT2D eigenvalue weighted by molar-refractivity contribution is 0.225. The van der Waals surface area contributed by atoms with Crippen LogP contribution >= 0.6 is 11.8 Å². The first-order valence-corrected chi connectivity index (χ1v) is 10.1. The van der Waals surface area contributed by atoms with Crippen LogP contribution < -0.4 is 10.1 Å². The van der Waals surface area contributed by atoms with Gasteiger partial charge < -0.3 is 10.1 Å². The Morgan fingerprint density at radius 2 is 2.04 bits per heavy atom. The molecule has 1 aliphatic rings. The molecule has 0 aliphatic carbocycles. The maximum atomic E-state index is 6.22. The van der Waals surface area contributed by atoms with Crippen molar-refractivity contribution < 1.29 is 4.74 Å². The Morgan fingerprint density at radius 1 is 1.11 bits per heavy atom. The summed E-state index contributed by atoms with van der Waals surface area (Å²) in [5.41, 5.74) is 3.45. The number of unbranched alkanes of at least 4 members (excludes halogenated alkanes) is 2. The van der Waals surface area contributed by atoms with Crippen molar-refractivity contribution in [3.63, 3.8) is 0 Å². The van der Waals surface area contributed by atoms with E-state index < -0.39 is 6.23 Å². The molecular weight excluding hydrogens is 358 g/mol. The summed E-state index contributed by atoms with van der Waals surface area (Å²) in [4.78, 5) is 8.86. The SMILES string of the molecule is CCCCCSc1nnc2c(n1)OC(c1cccnc1)Nc1ccccc1-2. The molecule has 0 bridgehead atoms. The summed E-state index contributed by atoms with van der Waals surface area (Å²) in [6.45, 7) is 2.20. The Kier molecular flexibility index (Phi) is 5.48. The number of fused-ring (bicyclic) bond motifs is 3. The number of nitrogens with one attached hydrogen (secondary N) is 1. The molecule has 4 rings (SSSR count). The minimum atomic E-state index is -0.393. The molecule has 1 aliphatic heterocycles. The normalized spacial score (nSPS) is 15.1. The van der Waals surface area contributed by atoms with Gasteiger partial charge in [-0.05, 0) is 18.6 Å². The molecule has 27 heavy (non-hydrogen) atoms. The average molecular weight is 379 g/mol. The molecule has 138 valence electrons. The van der Waals surface area contributed by atoms with Crippen LogP contribution in [-0.2, 0) is 0 Å². The number of pyridine rings is 1. The molecule has 7 heteroatoms. The van der Waals surface area contributed by atoms with Gasteiger partial charge in [0.25, 0.3) is 0 Å². The summed E-state index contributed by atoms with van der Waals surface area (Å²) in [6.07, 6.45) is 6.70. The van der Waals surface area contributed by atoms with E-state index >= 15 is 0 Å². The smallest absolute Gasteiger partial charge is 0.247 e. The van der Waals surface area contributed by atoms with E-state index in [4.69, 9.17) is 4.74 Å². The van der Waals surface area contributed by atoms with E-state index in [2.05, 4.69) is 32.4 Å². The van der Waals surface area contributed by atoms with E-state index in [1.165, 1.54) is 12.8 Å². The van der Waals surface area contributed by atoms with Crippen LogP contribution in [0.15, 0.2) is 53.9 Å². The first-order valence-electron chi connectivity index (χ1n) is 9.15. The number of benzene rings is 1. The van der Waals surface area contributed by atoms with E-state index in [1.54, 1.807) is 24.2 Å². The fourth-order valence-corrected chi connectivity index (χ4v) is 3.68. The molecular formula is C20H21N5OS. The number of para-hydroxylation sites is 1. The summed E-state index contributed by atoms with van der Waals surface area (Å²) in [5.74, 6) is 1.48. The number of ether oxygens (including phenoxy) is 1. The summed E-state index contributed by atoms with van der Waals surface area (Å²) < 4.78 is 6.22. The minimum Gasteiger partial charge on any atom is -0.448 e. The molecule has 6 nitrogen and oxygen atoms in total. The van der Waals surface area contributed by atoms with Crippen LogP contribution in [0.5, 0.6) is 5.88 Å². The van der Waals surface area contributed by atoms with Gasteiger partial charge >= 0.3 is 0 Å². The Labute approximate surface area is 162 Å². The lowest BCUT2D eigenvalue weighted by Crippen LogP contribution is -2.17. The van der Waals surface area contributed by atoms with Gasteiger partial charge in [-0.1, -0.05) is 55.8 Å². The molecule has 0 amide bonds. The van der Waals surface area contributed by atoms with Gasteiger partial charge in [0.15, 0.2) is 11.9 Å². The highest BCUT2D eigenvalue weighted by Gasteiger charge is 2.26. The predicted octanol–water partition coefficient (Wildman–Crippen LogP) is 4.72. The van der Waals surface area contributed by atoms with Crippen LogP contribution in [0, 0.1) is 0 Å². The summed E-state index contributed by atoms with van der Waals surface area (Å²) in [6, 6.07) is 11.8. The zero-order chi connectivity index (χ0) is 18.5. The summed E-state index contributed by atoms with van der Waals surface area (Å²) >= 11 is 1.62. The molecule has 1 aromatic carbocycles. The number of anilines is 1. The van der Waals surface area contributed by atoms with Crippen molar-refractivity contribution in [2.24, 2.45) is 0 Å². The topological polar surface area (TPSA) is 72.8 Å². The van der Waals surface area contributed by atoms with Crippen molar-refractivity contribution in [3.05, 3.63) is 54.4 Å². The molecule has 3 heterocycles. The number of hydrogen-bond donors (Lipinski definition) is 1. The van der Waals surface area contributed by atoms with Gasteiger partial charge in [0, 0.05) is 35.0 Å². The van der Waals surface area contributed by atoms with Crippen LogP contribution in [0.1, 0.15) is 38.0 Å². The number of rotatable bonds is 6. The highest BCUT2D eigenvalue weighted by atomic mass is 32.2. The van der Waals surface area contributed by atoms with Gasteiger partial charge in [-0.3, -0.25) is 4.98 Å². The number of thioether (sulfide) groups is 1. The first-order chi connectivity index (χ1) is 13.3. The second-order valence-corrected chi connectivity index (χ2v) is 7.34. The molecule has 0 spiro atoms. The fraction of sp³-hybridized carbons (Fsp3) is 0.300. The van der Waals surface area contributed by atoms with E-state index in [-0.39, 0.29) is 0 Å². The van der Waals surface area contributed by atoms with E-state index in [1.807, 2.05) is 36.4 Å². The van der Waals surface area contributed by atoms with E-state index in [0.717, 1.165) is 29.0 Å². The van der Waals surface area contributed by atoms with Crippen molar-refractivity contribution in [1.82, 2.24) is 20.2 Å². The van der Waals surface area contributed by atoms with Crippen molar-refractivity contribution in [2.45, 2.75) is 37.6 Å². The Bertz CT molecular complexity index is 906. The van der Waals surface area contributed by atoms with Crippen molar-refractivity contribution >= 4 is 17.4 Å². The van der Waals surface area contributed by atoms with Gasteiger partial charge in [0.05, 0.1) is 0 Å². The molecule has 0 fully saturated rings. The third-order valence-corrected chi connectivity index (χ3v) is 5.22. The van der Waals surface area contributed by atoms with E-state index in [9.17, 15) is 0 Å². The van der Waals surface area contributed by atoms with Crippen LogP contribution in [0.2, 0.25) is 0 Å². The maximum Gasteiger partial charge on any atom is 0.247 e. The van der Waals surface area contributed by atoms with E-state index in [0.29, 0.717) is 16.7 Å². The molecule has 1 unspecified atom stereocenters. The zero-order valence-electron chi connectivity index (χ0n) is 15.1. The van der Waals surface area contributed by atoms with Crippen molar-refractivity contribution in [1.29, 1.82) is 0 Å². The fourth-order valence-electron chi connectivity index (χ4n) is 2.91. The Morgan fingerprint density at radius 3 is 2.89 bits per heavy atom. The van der Waals surface area contributed by atoms with Crippen LogP contribution in [-0.4, -0.2) is 25.9 Å². The molecule has 3 aromatic rings. The lowest BCUT2D eigenvalue weighted by atomic mass is 10.1. The highest BCUT2D eigenvalue weighted by Crippen LogP contribution is 2.39. The van der Waals surface area contributed by atoms with Gasteiger partial charge in [0.1, 0.15) is 0 Å². The first kappa shape index (κ1) is 17.7. The molecule has 1 N–H and O–H groups in total. The number of aromatic nitrogens is 4. The van der Waals surface area contributed by atoms with Crippen LogP contribution in [0.25, 0.3) is 11.3 Å². The molecule has 1 atom stereocenters. The number of nitrogens with zero attached hydrogens (tertiary/aromatic N) is 4. The largest absolute Gasteiger partial charge is 0.448 e. The third-order valence-electron chi connectivity index (χ3n) is 4.30. The zero-order valence-corrected chi connectivity index (χ0v) is 15.9. The molecule has 2 aromatic heterocycles. The van der Waals surface area contributed by atoms with Gasteiger partial charge in [-0.15, -0.1) is 10.2 Å². The lowest BCUT2D eigenvalue weighted by Gasteiger charge is -2.18. The highest BCUT2D eigenvalue weighted by molar-refractivity contribution is 7.99. The average Bonchev–Trinajstić information content (AvgIpc) is 2.88. The molecule has 0 saturated heterocycles. The monoisotopic (exact) mass is 379 g/mol. The standard InChI is InChI=1S/C20H21N5OS/c1-2-3-6-12-27-20-23-19-17(24-25-20)15-9-4-5-10-16(15)22-18(26-19)14-8-7-11-21-13-14/h4-5,7-11,13,18,22H,2-3,6,12H2,1H3. The van der Waals surface area contributed by atoms with Crippen LogP contribution in [0.4, 0.5) is 5.69 Å². The third kappa shape index (κ3) is 4.03. The summed E-state index contributed by atoms with van der Waals surface area (Å²) in [7, 11) is 0. The van der Waals surface area contributed by atoms with Crippen LogP contribution in [0.3, 0.4) is 0 Å². The Balaban J connectivity index is 1.68. The maximum absolute atomic E-state index is 6.22. The molecule has 0 radical (unpaired) electrons. The quantitative estimate of drug-likeness (QED) is 0.491. The van der Waals surface area contributed by atoms with Crippen molar-refractivity contribution in [2.75, 3.05) is 11.1 Å². The minimum absolute atomic E-state index is 0.393. The number of hydrogen-bond acceptors (Lipinski definition) is 7. The van der Waals surface area contributed by atoms with Gasteiger partial charge in [-0.25, -0.2) is 0 Å². The second kappa shape index (κ2) is 8.35. The van der Waals surface area contributed by atoms with Gasteiger partial charge in [0.2, 0.25) is 11.0 Å². The predicted molar refractivity (Wildman–Crippen MR) is 107 cm³/mol.